The molecule has 182 valence electrons. The smallest absolute Gasteiger partial charge is 0.550 e. The number of carbonyl (C=O) groups excluding carboxylic acids is 1. The molecular weight excluding hydrogens is 503 g/mol. The molecule has 3 aromatic carbocycles. The molecule has 4 aromatic rings. The van der Waals surface area contributed by atoms with Crippen molar-refractivity contribution in [2.75, 3.05) is 5.75 Å². The van der Waals surface area contributed by atoms with Gasteiger partial charge in [-0.1, -0.05) is 49.4 Å². The van der Waals surface area contributed by atoms with Crippen LogP contribution in [-0.2, 0) is 11.4 Å². The van der Waals surface area contributed by atoms with Gasteiger partial charge in [-0.05, 0) is 47.0 Å². The number of thioether (sulfide) groups is 1. The van der Waals surface area contributed by atoms with Crippen molar-refractivity contribution in [2.24, 2.45) is 5.92 Å². The molecule has 5 rings (SSSR count). The van der Waals surface area contributed by atoms with Gasteiger partial charge < -0.3 is 14.6 Å². The molecule has 2 atom stereocenters. The van der Waals surface area contributed by atoms with Gasteiger partial charge in [-0.3, -0.25) is 0 Å². The summed E-state index contributed by atoms with van der Waals surface area (Å²) in [5, 5.41) is 11.7. The molecular formula is C29H22F2NNaO3S. The van der Waals surface area contributed by atoms with Gasteiger partial charge in [-0.25, -0.2) is 13.8 Å². The van der Waals surface area contributed by atoms with Crippen LogP contribution >= 0.6 is 11.8 Å². The van der Waals surface area contributed by atoms with Gasteiger partial charge in [-0.2, -0.15) is 0 Å². The van der Waals surface area contributed by atoms with E-state index >= 15 is 0 Å². The Bertz CT molecular complexity index is 1490. The molecule has 37 heavy (non-hydrogen) atoms. The molecule has 0 bridgehead atoms. The largest absolute Gasteiger partial charge is 1.00 e. The fourth-order valence-electron chi connectivity index (χ4n) is 4.15. The number of aliphatic carboxylic acids is 1. The van der Waals surface area contributed by atoms with Crippen LogP contribution in [0.1, 0.15) is 40.1 Å². The summed E-state index contributed by atoms with van der Waals surface area (Å²) >= 11 is 1.56. The molecule has 1 aromatic heterocycles. The van der Waals surface area contributed by atoms with E-state index in [1.54, 1.807) is 30.8 Å². The number of hydrogen-bond acceptors (Lipinski definition) is 5. The van der Waals surface area contributed by atoms with Gasteiger partial charge in [0.05, 0.1) is 16.5 Å². The van der Waals surface area contributed by atoms with Gasteiger partial charge in [0.25, 0.3) is 0 Å². The van der Waals surface area contributed by atoms with Crippen molar-refractivity contribution >= 4 is 40.8 Å². The first-order valence-corrected chi connectivity index (χ1v) is 12.5. The molecule has 0 N–H and O–H groups in total. The fraction of sp³-hybridized carbons (Fsp3) is 0.172. The Kier molecular flexibility index (Phi) is 8.70. The topological polar surface area (TPSA) is 62.2 Å². The number of aromatic nitrogens is 1. The molecule has 0 saturated heterocycles. The molecule has 4 nitrogen and oxygen atoms in total. The van der Waals surface area contributed by atoms with Crippen LogP contribution in [0.15, 0.2) is 66.7 Å². The molecule has 1 aliphatic rings. The van der Waals surface area contributed by atoms with Crippen LogP contribution in [0.4, 0.5) is 8.78 Å². The number of ether oxygens (including phenoxy) is 1. The number of carboxylic acids is 1. The van der Waals surface area contributed by atoms with Crippen molar-refractivity contribution in [3.05, 3.63) is 106 Å². The number of rotatable bonds is 6. The summed E-state index contributed by atoms with van der Waals surface area (Å²) in [6.07, 6.45) is 3.71. The third-order valence-electron chi connectivity index (χ3n) is 6.15. The van der Waals surface area contributed by atoms with Gasteiger partial charge in [0.1, 0.15) is 12.4 Å². The van der Waals surface area contributed by atoms with Crippen molar-refractivity contribution < 1.29 is 53.0 Å². The van der Waals surface area contributed by atoms with Gasteiger partial charge >= 0.3 is 29.6 Å². The molecule has 0 fully saturated rings. The Morgan fingerprint density at radius 1 is 1.08 bits per heavy atom. The van der Waals surface area contributed by atoms with E-state index in [9.17, 15) is 18.7 Å². The first kappa shape index (κ1) is 27.3. The third-order valence-corrected chi connectivity index (χ3v) is 7.69. The second-order valence-corrected chi connectivity index (χ2v) is 9.88. The Hall–Kier alpha value is -2.71. The predicted octanol–water partition coefficient (Wildman–Crippen LogP) is 2.79. The standard InChI is InChI=1S/C29H23F2NO3S.Na/c1-17(29(33)34)16-36-28-22-5-3-2-4-20(22)15-35-27-11-7-18(12-23(27)28)6-9-21-10-8-19-13-24(30)25(31)14-26(19)32-21;/h2-14,17,28H,15-16H2,1H3,(H,33,34);/q;+1/p-1/b9-6+;/t17-,28?;/m1./s1. The molecule has 0 aliphatic carbocycles. The van der Waals surface area contributed by atoms with E-state index in [0.717, 1.165) is 40.1 Å². The molecule has 0 spiro atoms. The van der Waals surface area contributed by atoms with Crippen LogP contribution in [0.5, 0.6) is 5.75 Å². The summed E-state index contributed by atoms with van der Waals surface area (Å²) in [5.74, 6) is -2.33. The summed E-state index contributed by atoms with van der Waals surface area (Å²) in [6.45, 7) is 2.09. The minimum Gasteiger partial charge on any atom is -0.550 e. The van der Waals surface area contributed by atoms with Crippen LogP contribution in [-0.4, -0.2) is 16.7 Å². The molecule has 1 unspecified atom stereocenters. The SMILES string of the molecule is C[C@H](CSC1c2ccccc2COc2ccc(/C=C/c3ccc4cc(F)c(F)cc4n3)cc21)C(=O)[O-].[Na+]. The van der Waals surface area contributed by atoms with Crippen molar-refractivity contribution in [2.45, 2.75) is 18.8 Å². The van der Waals surface area contributed by atoms with E-state index < -0.39 is 23.5 Å². The fourth-order valence-corrected chi connectivity index (χ4v) is 5.54. The van der Waals surface area contributed by atoms with Crippen LogP contribution in [0, 0.1) is 17.6 Å². The number of nitrogens with zero attached hydrogens (tertiary/aromatic N) is 1. The molecule has 2 heterocycles. The Morgan fingerprint density at radius 2 is 1.86 bits per heavy atom. The minimum atomic E-state index is -1.07. The maximum atomic E-state index is 13.6. The third kappa shape index (κ3) is 6.07. The average molecular weight is 526 g/mol. The number of halogens is 2. The van der Waals surface area contributed by atoms with Crippen molar-refractivity contribution in [1.82, 2.24) is 4.98 Å². The first-order valence-electron chi connectivity index (χ1n) is 11.5. The Balaban J connectivity index is 0.00000320. The molecule has 0 radical (unpaired) electrons. The van der Waals surface area contributed by atoms with Gasteiger partial charge in [0.15, 0.2) is 11.6 Å². The normalized spacial score (nSPS) is 15.3. The first-order chi connectivity index (χ1) is 17.4. The second kappa shape index (κ2) is 11.8. The Labute approximate surface area is 240 Å². The van der Waals surface area contributed by atoms with E-state index in [1.807, 2.05) is 48.6 Å². The van der Waals surface area contributed by atoms with E-state index in [4.69, 9.17) is 4.74 Å². The second-order valence-electron chi connectivity index (χ2n) is 8.75. The summed E-state index contributed by atoms with van der Waals surface area (Å²) in [4.78, 5) is 15.7. The monoisotopic (exact) mass is 525 g/mol. The van der Waals surface area contributed by atoms with E-state index in [1.165, 1.54) is 0 Å². The van der Waals surface area contributed by atoms with Crippen LogP contribution in [0.25, 0.3) is 23.1 Å². The summed E-state index contributed by atoms with van der Waals surface area (Å²) < 4.78 is 33.2. The molecule has 0 amide bonds. The summed E-state index contributed by atoms with van der Waals surface area (Å²) in [6, 6.07) is 19.6. The van der Waals surface area contributed by atoms with Crippen LogP contribution in [0.2, 0.25) is 0 Å². The molecule has 8 heteroatoms. The number of hydrogen-bond donors (Lipinski definition) is 0. The van der Waals surface area contributed by atoms with Crippen molar-refractivity contribution in [1.29, 1.82) is 0 Å². The summed E-state index contributed by atoms with van der Waals surface area (Å²) in [5.41, 5.74) is 5.01. The predicted molar refractivity (Wildman–Crippen MR) is 136 cm³/mol. The zero-order valence-electron chi connectivity index (χ0n) is 20.4. The Morgan fingerprint density at radius 3 is 2.68 bits per heavy atom. The maximum absolute atomic E-state index is 13.6. The number of pyridine rings is 1. The molecule has 1 aliphatic heterocycles. The van der Waals surface area contributed by atoms with Gasteiger partial charge in [0, 0.05) is 34.7 Å². The summed E-state index contributed by atoms with van der Waals surface area (Å²) in [7, 11) is 0. The van der Waals surface area contributed by atoms with Crippen LogP contribution in [0.3, 0.4) is 0 Å². The molecule has 0 saturated carbocycles. The maximum Gasteiger partial charge on any atom is 1.00 e. The number of fused-ring (bicyclic) bond motifs is 3. The van der Waals surface area contributed by atoms with E-state index in [2.05, 4.69) is 11.1 Å². The van der Waals surface area contributed by atoms with Crippen LogP contribution < -0.4 is 39.4 Å². The van der Waals surface area contributed by atoms with E-state index in [-0.39, 0.29) is 34.8 Å². The zero-order valence-corrected chi connectivity index (χ0v) is 23.2. The zero-order chi connectivity index (χ0) is 25.2. The quantitative estimate of drug-likeness (QED) is 0.363. The number of carbonyl (C=O) groups is 1. The van der Waals surface area contributed by atoms with Gasteiger partial charge in [-0.15, -0.1) is 11.8 Å². The minimum absolute atomic E-state index is 0. The average Bonchev–Trinajstić information content (AvgIpc) is 3.03. The number of carboxylic acid groups (broad SMARTS) is 1. The van der Waals surface area contributed by atoms with Crippen molar-refractivity contribution in [3.63, 3.8) is 0 Å². The van der Waals surface area contributed by atoms with Gasteiger partial charge in [0.2, 0.25) is 0 Å². The number of benzene rings is 3. The van der Waals surface area contributed by atoms with E-state index in [0.29, 0.717) is 29.0 Å². The van der Waals surface area contributed by atoms with Crippen molar-refractivity contribution in [3.8, 4) is 5.75 Å².